The molecule has 11 heteroatoms. The fourth-order valence-electron chi connectivity index (χ4n) is 10.2. The molecule has 2 bridgehead atoms. The minimum Gasteiger partial charge on any atom is -0.456 e. The van der Waals surface area contributed by atoms with Crippen molar-refractivity contribution in [3.05, 3.63) is 36.0 Å². The van der Waals surface area contributed by atoms with Gasteiger partial charge in [-0.1, -0.05) is 58.4 Å². The van der Waals surface area contributed by atoms with Gasteiger partial charge in [0.25, 0.3) is 11.7 Å². The standard InChI is InChI=1S/C47H75NO10/c1-12-15-35-21-28(2)20-29(3)22-40(55-10)43-41(56-11)25-33(7)47(53,58-43)44(50)45(51)48-19-14-13-16-38(48)46(52)57-42(34(8)31(5)24-37(49)26-35)32(6)23-36-18-17-30(4)39(27-36)54-9/h12,21,23,29-31,33-36,38-43,53H,1,13-20,22,24-27H2,2-11H3/b28-21+,32-23+/t29-,30+,31-,33+,34+,35+,36-,38-,39+,40-,41-,42+,43+,47+/m0/s1. The van der Waals surface area contributed by atoms with Crippen molar-refractivity contribution < 1.29 is 48.0 Å². The summed E-state index contributed by atoms with van der Waals surface area (Å²) in [5, 5.41) is 12.1. The molecule has 3 fully saturated rings. The van der Waals surface area contributed by atoms with E-state index in [2.05, 4.69) is 39.5 Å². The van der Waals surface area contributed by atoms with Gasteiger partial charge in [-0.05, 0) is 113 Å². The summed E-state index contributed by atoms with van der Waals surface area (Å²) >= 11 is 0. The molecule has 0 unspecified atom stereocenters. The molecule has 14 atom stereocenters. The second-order valence-corrected chi connectivity index (χ2v) is 18.5. The molecule has 0 aromatic heterocycles. The van der Waals surface area contributed by atoms with Gasteiger partial charge in [0.1, 0.15) is 24.0 Å². The van der Waals surface area contributed by atoms with Crippen LogP contribution in [0.25, 0.3) is 0 Å². The SMILES string of the molecule is C=CC[C@@H]1/C=C(\C)C[C@H](C)C[C@H](OC)[C@H]2O[C@@](O)(C(=O)C(=O)N3CCCC[C@H]3C(=O)O[C@H](/C(C)=C/[C@@H]3CC[C@@H](C)[C@H](OC)C3)[C@H](C)[C@@H](C)CC(=O)C1)[C@H](C)C[C@@H]2OC. The Morgan fingerprint density at radius 3 is 2.22 bits per heavy atom. The molecule has 1 amide bonds. The number of rotatable bonds is 7. The molecule has 58 heavy (non-hydrogen) atoms. The predicted octanol–water partition coefficient (Wildman–Crippen LogP) is 7.58. The van der Waals surface area contributed by atoms with Gasteiger partial charge >= 0.3 is 5.97 Å². The molecule has 0 aromatic carbocycles. The topological polar surface area (TPSA) is 138 Å². The van der Waals surface area contributed by atoms with Crippen molar-refractivity contribution in [2.24, 2.45) is 41.4 Å². The van der Waals surface area contributed by atoms with Crippen molar-refractivity contribution in [2.45, 2.75) is 168 Å². The Labute approximate surface area is 348 Å². The minimum atomic E-state index is -2.46. The van der Waals surface area contributed by atoms with Crippen LogP contribution in [0.2, 0.25) is 0 Å². The maximum Gasteiger partial charge on any atom is 0.329 e. The Kier molecular flexibility index (Phi) is 18.0. The number of ether oxygens (including phenoxy) is 5. The van der Waals surface area contributed by atoms with Crippen molar-refractivity contribution in [3.63, 3.8) is 0 Å². The van der Waals surface area contributed by atoms with Crippen molar-refractivity contribution in [1.82, 2.24) is 4.90 Å². The van der Waals surface area contributed by atoms with Gasteiger partial charge in [-0.2, -0.15) is 0 Å². The molecule has 4 rings (SSSR count). The van der Waals surface area contributed by atoms with Gasteiger partial charge in [0.05, 0.1) is 18.3 Å². The average molecular weight is 814 g/mol. The number of Topliss-reactive ketones (excluding diaryl/α,β-unsaturated/α-hetero) is 2. The summed E-state index contributed by atoms with van der Waals surface area (Å²) in [5.74, 6) is -5.34. The van der Waals surface area contributed by atoms with Crippen LogP contribution in [-0.4, -0.2) is 104 Å². The molecule has 0 radical (unpaired) electrons. The zero-order chi connectivity index (χ0) is 42.9. The molecule has 0 aromatic rings. The maximum absolute atomic E-state index is 14.4. The fourth-order valence-corrected chi connectivity index (χ4v) is 10.2. The van der Waals surface area contributed by atoms with E-state index in [1.165, 1.54) is 4.90 Å². The molecular formula is C47H75NO10. The number of aliphatic hydroxyl groups is 1. The van der Waals surface area contributed by atoms with Gasteiger partial charge < -0.3 is 33.7 Å². The van der Waals surface area contributed by atoms with Crippen LogP contribution in [0.4, 0.5) is 0 Å². The quantitative estimate of drug-likeness (QED) is 0.156. The van der Waals surface area contributed by atoms with Gasteiger partial charge in [0.15, 0.2) is 0 Å². The number of piperidine rings is 1. The molecule has 1 saturated carbocycles. The van der Waals surface area contributed by atoms with Gasteiger partial charge in [-0.15, -0.1) is 6.58 Å². The number of amides is 1. The molecule has 1 N–H and O–H groups in total. The van der Waals surface area contributed by atoms with E-state index in [9.17, 15) is 24.3 Å². The summed E-state index contributed by atoms with van der Waals surface area (Å²) in [4.78, 5) is 58.1. The Morgan fingerprint density at radius 1 is 0.897 bits per heavy atom. The van der Waals surface area contributed by atoms with Gasteiger partial charge in [0.2, 0.25) is 5.79 Å². The molecule has 1 aliphatic carbocycles. The lowest BCUT2D eigenvalue weighted by Crippen LogP contribution is -2.64. The summed E-state index contributed by atoms with van der Waals surface area (Å²) < 4.78 is 30.4. The summed E-state index contributed by atoms with van der Waals surface area (Å²) in [7, 11) is 4.88. The van der Waals surface area contributed by atoms with Crippen molar-refractivity contribution in [3.8, 4) is 0 Å². The number of hydrogen-bond acceptors (Lipinski definition) is 10. The predicted molar refractivity (Wildman–Crippen MR) is 224 cm³/mol. The van der Waals surface area contributed by atoms with Crippen LogP contribution < -0.4 is 0 Å². The van der Waals surface area contributed by atoms with Gasteiger partial charge in [-0.3, -0.25) is 14.4 Å². The second-order valence-electron chi connectivity index (χ2n) is 18.5. The number of carbonyl (C=O) groups is 4. The Bertz CT molecular complexity index is 1490. The normalized spacial score (nSPS) is 40.7. The summed E-state index contributed by atoms with van der Waals surface area (Å²) in [6.45, 7) is 18.3. The number of esters is 1. The van der Waals surface area contributed by atoms with Crippen molar-refractivity contribution in [2.75, 3.05) is 27.9 Å². The van der Waals surface area contributed by atoms with Crippen LogP contribution in [0.5, 0.6) is 0 Å². The minimum absolute atomic E-state index is 0.00894. The van der Waals surface area contributed by atoms with E-state index in [1.54, 1.807) is 28.3 Å². The third-order valence-electron chi connectivity index (χ3n) is 13.8. The second kappa shape index (κ2) is 21.7. The van der Waals surface area contributed by atoms with E-state index in [4.69, 9.17) is 23.7 Å². The summed E-state index contributed by atoms with van der Waals surface area (Å²) in [6.07, 6.45) is 11.1. The van der Waals surface area contributed by atoms with Crippen LogP contribution in [0.15, 0.2) is 36.0 Å². The van der Waals surface area contributed by atoms with Crippen LogP contribution >= 0.6 is 0 Å². The highest BCUT2D eigenvalue weighted by atomic mass is 16.7. The van der Waals surface area contributed by atoms with Crippen LogP contribution in [0.3, 0.4) is 0 Å². The maximum atomic E-state index is 14.4. The van der Waals surface area contributed by atoms with E-state index in [1.807, 2.05) is 26.8 Å². The molecule has 328 valence electrons. The van der Waals surface area contributed by atoms with E-state index in [0.29, 0.717) is 50.9 Å². The zero-order valence-corrected chi connectivity index (χ0v) is 37.2. The first-order valence-corrected chi connectivity index (χ1v) is 22.0. The number of nitrogens with zero attached hydrogens (tertiary/aromatic N) is 1. The highest BCUT2D eigenvalue weighted by Crippen LogP contribution is 2.40. The first kappa shape index (κ1) is 48.0. The van der Waals surface area contributed by atoms with E-state index in [-0.39, 0.29) is 54.4 Å². The first-order chi connectivity index (χ1) is 27.5. The average Bonchev–Trinajstić information content (AvgIpc) is 3.19. The number of hydrogen-bond donors (Lipinski definition) is 1. The third-order valence-corrected chi connectivity index (χ3v) is 13.8. The van der Waals surface area contributed by atoms with Gasteiger partial charge in [0, 0.05) is 52.6 Å². The summed E-state index contributed by atoms with van der Waals surface area (Å²) in [6, 6.07) is -1.02. The van der Waals surface area contributed by atoms with Crippen LogP contribution in [0.1, 0.15) is 126 Å². The lowest BCUT2D eigenvalue weighted by Gasteiger charge is -2.47. The van der Waals surface area contributed by atoms with E-state index < -0.39 is 59.8 Å². The molecule has 3 aliphatic heterocycles. The van der Waals surface area contributed by atoms with Crippen molar-refractivity contribution >= 4 is 23.4 Å². The Morgan fingerprint density at radius 2 is 1.57 bits per heavy atom. The number of fused-ring (bicyclic) bond motifs is 3. The van der Waals surface area contributed by atoms with Crippen LogP contribution in [-0.2, 0) is 42.9 Å². The van der Waals surface area contributed by atoms with E-state index >= 15 is 0 Å². The third kappa shape index (κ3) is 11.8. The number of allylic oxidation sites excluding steroid dienone is 4. The number of ketones is 2. The molecule has 11 nitrogen and oxygen atoms in total. The number of methoxy groups -OCH3 is 3. The molecule has 2 saturated heterocycles. The molecular weight excluding hydrogens is 739 g/mol. The van der Waals surface area contributed by atoms with E-state index in [0.717, 1.165) is 36.8 Å². The fraction of sp³-hybridized carbons (Fsp3) is 0.787. The van der Waals surface area contributed by atoms with Crippen molar-refractivity contribution in [1.29, 1.82) is 0 Å². The highest BCUT2D eigenvalue weighted by molar-refractivity contribution is 6.39. The molecule has 4 aliphatic rings. The smallest absolute Gasteiger partial charge is 0.329 e. The zero-order valence-electron chi connectivity index (χ0n) is 37.2. The van der Waals surface area contributed by atoms with Crippen LogP contribution in [0, 0.1) is 41.4 Å². The first-order valence-electron chi connectivity index (χ1n) is 22.0. The Balaban J connectivity index is 1.76. The molecule has 3 heterocycles. The van der Waals surface area contributed by atoms with Gasteiger partial charge in [-0.25, -0.2) is 4.79 Å². The largest absolute Gasteiger partial charge is 0.456 e. The molecule has 0 spiro atoms. The number of carbonyl (C=O) groups excluding carboxylic acids is 4. The number of cyclic esters (lactones) is 1. The summed E-state index contributed by atoms with van der Waals surface area (Å²) in [5.41, 5.74) is 2.04. The highest BCUT2D eigenvalue weighted by Gasteiger charge is 2.56. The Hall–Kier alpha value is -2.70. The lowest BCUT2D eigenvalue weighted by atomic mass is 9.78. The monoisotopic (exact) mass is 814 g/mol. The lowest BCUT2D eigenvalue weighted by molar-refractivity contribution is -0.302.